The van der Waals surface area contributed by atoms with Crippen LogP contribution in [-0.4, -0.2) is 24.5 Å². The molecule has 8 heteroatoms. The zero-order chi connectivity index (χ0) is 19.4. The SMILES string of the molecule is COc1cc([N+](=O)[O-])ccc1NC(=O)COc1ccc2ccccc2c1Br. The first-order valence-corrected chi connectivity index (χ1v) is 8.71. The highest BCUT2D eigenvalue weighted by molar-refractivity contribution is 9.10. The number of benzene rings is 3. The minimum absolute atomic E-state index is 0.124. The van der Waals surface area contributed by atoms with Crippen LogP contribution in [0.2, 0.25) is 0 Å². The van der Waals surface area contributed by atoms with E-state index in [-0.39, 0.29) is 18.0 Å². The number of amides is 1. The van der Waals surface area contributed by atoms with Gasteiger partial charge in [-0.2, -0.15) is 0 Å². The summed E-state index contributed by atoms with van der Waals surface area (Å²) in [6, 6.07) is 15.4. The highest BCUT2D eigenvalue weighted by Crippen LogP contribution is 2.33. The predicted molar refractivity (Wildman–Crippen MR) is 105 cm³/mol. The molecule has 0 heterocycles. The van der Waals surface area contributed by atoms with E-state index in [1.54, 1.807) is 6.07 Å². The Hall–Kier alpha value is -3.13. The fraction of sp³-hybridized carbons (Fsp3) is 0.105. The molecule has 27 heavy (non-hydrogen) atoms. The summed E-state index contributed by atoms with van der Waals surface area (Å²) in [4.78, 5) is 22.5. The number of nitro benzene ring substituents is 1. The number of methoxy groups -OCH3 is 1. The summed E-state index contributed by atoms with van der Waals surface area (Å²) < 4.78 is 11.5. The molecule has 1 N–H and O–H groups in total. The molecule has 3 rings (SSSR count). The van der Waals surface area contributed by atoms with Crippen LogP contribution in [0.4, 0.5) is 11.4 Å². The Labute approximate surface area is 163 Å². The van der Waals surface area contributed by atoms with Gasteiger partial charge in [-0.05, 0) is 38.8 Å². The zero-order valence-electron chi connectivity index (χ0n) is 14.3. The topological polar surface area (TPSA) is 90.7 Å². The lowest BCUT2D eigenvalue weighted by Crippen LogP contribution is -2.20. The third-order valence-electron chi connectivity index (χ3n) is 3.86. The molecule has 0 unspecified atom stereocenters. The lowest BCUT2D eigenvalue weighted by atomic mass is 10.1. The van der Waals surface area contributed by atoms with Gasteiger partial charge in [-0.1, -0.05) is 30.3 Å². The number of halogens is 1. The number of non-ortho nitro benzene ring substituents is 1. The molecule has 0 fully saturated rings. The average Bonchev–Trinajstić information content (AvgIpc) is 2.67. The third-order valence-corrected chi connectivity index (χ3v) is 4.67. The molecule has 3 aromatic rings. The fourth-order valence-electron chi connectivity index (χ4n) is 2.55. The molecular weight excluding hydrogens is 416 g/mol. The van der Waals surface area contributed by atoms with Gasteiger partial charge in [0.1, 0.15) is 11.5 Å². The summed E-state index contributed by atoms with van der Waals surface area (Å²) >= 11 is 3.50. The molecule has 0 aliphatic carbocycles. The van der Waals surface area contributed by atoms with Gasteiger partial charge in [0.05, 0.1) is 28.3 Å². The normalized spacial score (nSPS) is 10.4. The second kappa shape index (κ2) is 8.05. The first-order valence-electron chi connectivity index (χ1n) is 7.92. The van der Waals surface area contributed by atoms with Crippen LogP contribution in [0.15, 0.2) is 59.1 Å². The Kier molecular flexibility index (Phi) is 5.56. The van der Waals surface area contributed by atoms with E-state index in [0.29, 0.717) is 11.4 Å². The summed E-state index contributed by atoms with van der Waals surface area (Å²) in [5, 5.41) is 15.5. The van der Waals surface area contributed by atoms with Crippen molar-refractivity contribution in [1.82, 2.24) is 0 Å². The molecular formula is C19H15BrN2O5. The van der Waals surface area contributed by atoms with Crippen molar-refractivity contribution in [3.8, 4) is 11.5 Å². The van der Waals surface area contributed by atoms with Crippen LogP contribution in [0.1, 0.15) is 0 Å². The van der Waals surface area contributed by atoms with E-state index in [9.17, 15) is 14.9 Å². The number of fused-ring (bicyclic) bond motifs is 1. The maximum atomic E-state index is 12.2. The molecule has 3 aromatic carbocycles. The Morgan fingerprint density at radius 2 is 1.93 bits per heavy atom. The van der Waals surface area contributed by atoms with Gasteiger partial charge in [0.2, 0.25) is 0 Å². The second-order valence-corrected chi connectivity index (χ2v) is 6.37. The highest BCUT2D eigenvalue weighted by atomic mass is 79.9. The molecule has 7 nitrogen and oxygen atoms in total. The molecule has 0 bridgehead atoms. The van der Waals surface area contributed by atoms with Gasteiger partial charge in [0.25, 0.3) is 11.6 Å². The van der Waals surface area contributed by atoms with Crippen LogP contribution in [0, 0.1) is 10.1 Å². The summed E-state index contributed by atoms with van der Waals surface area (Å²) in [6.07, 6.45) is 0. The number of rotatable bonds is 6. The lowest BCUT2D eigenvalue weighted by molar-refractivity contribution is -0.384. The van der Waals surface area contributed by atoms with Crippen LogP contribution < -0.4 is 14.8 Å². The summed E-state index contributed by atoms with van der Waals surface area (Å²) in [6.45, 7) is -0.225. The molecule has 0 aromatic heterocycles. The van der Waals surface area contributed by atoms with Gasteiger partial charge in [-0.25, -0.2) is 0 Å². The fourth-order valence-corrected chi connectivity index (χ4v) is 3.16. The first-order chi connectivity index (χ1) is 13.0. The van der Waals surface area contributed by atoms with Crippen molar-refractivity contribution in [3.63, 3.8) is 0 Å². The van der Waals surface area contributed by atoms with Gasteiger partial charge in [0.15, 0.2) is 6.61 Å². The van der Waals surface area contributed by atoms with E-state index in [1.807, 2.05) is 30.3 Å². The van der Waals surface area contributed by atoms with Crippen molar-refractivity contribution in [1.29, 1.82) is 0 Å². The smallest absolute Gasteiger partial charge is 0.273 e. The van der Waals surface area contributed by atoms with Crippen molar-refractivity contribution < 1.29 is 19.2 Å². The molecule has 0 spiro atoms. The second-order valence-electron chi connectivity index (χ2n) is 5.58. The van der Waals surface area contributed by atoms with Crippen LogP contribution >= 0.6 is 15.9 Å². The zero-order valence-corrected chi connectivity index (χ0v) is 15.9. The monoisotopic (exact) mass is 430 g/mol. The molecule has 0 saturated heterocycles. The lowest BCUT2D eigenvalue weighted by Gasteiger charge is -2.12. The van der Waals surface area contributed by atoms with Crippen LogP contribution in [0.5, 0.6) is 11.5 Å². The first kappa shape index (κ1) is 18.7. The maximum Gasteiger partial charge on any atom is 0.273 e. The van der Waals surface area contributed by atoms with Gasteiger partial charge >= 0.3 is 0 Å². The maximum absolute atomic E-state index is 12.2. The van der Waals surface area contributed by atoms with Crippen LogP contribution in [0.3, 0.4) is 0 Å². The van der Waals surface area contributed by atoms with Gasteiger partial charge in [-0.3, -0.25) is 14.9 Å². The molecule has 1 amide bonds. The predicted octanol–water partition coefficient (Wildman–Crippen LogP) is 4.54. The molecule has 0 radical (unpaired) electrons. The summed E-state index contributed by atoms with van der Waals surface area (Å²) in [7, 11) is 1.37. The minimum Gasteiger partial charge on any atom is -0.494 e. The van der Waals surface area contributed by atoms with Gasteiger partial charge in [-0.15, -0.1) is 0 Å². The Balaban J connectivity index is 1.70. The molecule has 0 aliphatic rings. The molecule has 0 aliphatic heterocycles. The molecule has 0 atom stereocenters. The Bertz CT molecular complexity index is 1020. The number of ether oxygens (including phenoxy) is 2. The number of nitrogens with zero attached hydrogens (tertiary/aromatic N) is 1. The standard InChI is InChI=1S/C19H15BrN2O5/c1-26-17-10-13(22(24)25)7-8-15(17)21-18(23)11-27-16-9-6-12-4-2-3-5-14(12)19(16)20/h2-10H,11H2,1H3,(H,21,23). The number of nitro groups is 1. The number of nitrogens with one attached hydrogen (secondary N) is 1. The average molecular weight is 431 g/mol. The van der Waals surface area contributed by atoms with E-state index >= 15 is 0 Å². The largest absolute Gasteiger partial charge is 0.494 e. The van der Waals surface area contributed by atoms with Crippen molar-refractivity contribution in [2.75, 3.05) is 19.0 Å². The van der Waals surface area contributed by atoms with Gasteiger partial charge in [0, 0.05) is 6.07 Å². The van der Waals surface area contributed by atoms with Crippen molar-refractivity contribution in [2.45, 2.75) is 0 Å². The molecule has 0 saturated carbocycles. The van der Waals surface area contributed by atoms with Crippen molar-refractivity contribution >= 4 is 44.0 Å². The Morgan fingerprint density at radius 3 is 2.67 bits per heavy atom. The van der Waals surface area contributed by atoms with Crippen LogP contribution in [0.25, 0.3) is 10.8 Å². The van der Waals surface area contributed by atoms with E-state index in [2.05, 4.69) is 21.2 Å². The highest BCUT2D eigenvalue weighted by Gasteiger charge is 2.14. The van der Waals surface area contributed by atoms with Crippen molar-refractivity contribution in [3.05, 3.63) is 69.2 Å². The van der Waals surface area contributed by atoms with Crippen LogP contribution in [-0.2, 0) is 4.79 Å². The number of hydrogen-bond acceptors (Lipinski definition) is 5. The minimum atomic E-state index is -0.533. The number of carbonyl (C=O) groups is 1. The molecule has 138 valence electrons. The van der Waals surface area contributed by atoms with E-state index in [1.165, 1.54) is 25.3 Å². The van der Waals surface area contributed by atoms with E-state index < -0.39 is 10.8 Å². The number of carbonyl (C=O) groups excluding carboxylic acids is 1. The number of anilines is 1. The summed E-state index contributed by atoms with van der Waals surface area (Å²) in [5.74, 6) is 0.325. The quantitative estimate of drug-likeness (QED) is 0.457. The summed E-state index contributed by atoms with van der Waals surface area (Å²) in [5.41, 5.74) is 0.204. The third kappa shape index (κ3) is 4.17. The van der Waals surface area contributed by atoms with Crippen molar-refractivity contribution in [2.24, 2.45) is 0 Å². The van der Waals surface area contributed by atoms with E-state index in [4.69, 9.17) is 9.47 Å². The number of hydrogen-bond donors (Lipinski definition) is 1. The van der Waals surface area contributed by atoms with Gasteiger partial charge < -0.3 is 14.8 Å². The van der Waals surface area contributed by atoms with E-state index in [0.717, 1.165) is 15.2 Å². The Morgan fingerprint density at radius 1 is 1.15 bits per heavy atom.